The van der Waals surface area contributed by atoms with Crippen LogP contribution in [0.2, 0.25) is 0 Å². The van der Waals surface area contributed by atoms with E-state index in [9.17, 15) is 23.3 Å². The monoisotopic (exact) mass is 465 g/mol. The summed E-state index contributed by atoms with van der Waals surface area (Å²) in [5, 5.41) is 13.5. The number of carbonyl (C=O) groups is 1. The molecule has 0 saturated heterocycles. The zero-order chi connectivity index (χ0) is 23.9. The van der Waals surface area contributed by atoms with E-state index < -0.39 is 20.9 Å². The lowest BCUT2D eigenvalue weighted by atomic mass is 10.2. The number of ether oxygens (including phenoxy) is 2. The van der Waals surface area contributed by atoms with Gasteiger partial charge in [0.25, 0.3) is 11.6 Å². The number of carbonyl (C=O) groups excluding carboxylic acids is 1. The minimum Gasteiger partial charge on any atom is -0.492 e. The summed E-state index contributed by atoms with van der Waals surface area (Å²) >= 11 is 0. The van der Waals surface area contributed by atoms with Crippen molar-refractivity contribution in [3.8, 4) is 11.5 Å². The summed E-state index contributed by atoms with van der Waals surface area (Å²) in [5.74, 6) is -0.00824. The lowest BCUT2D eigenvalue weighted by Gasteiger charge is -2.21. The van der Waals surface area contributed by atoms with Crippen LogP contribution >= 0.6 is 0 Å². The molecule has 10 nitrogen and oxygen atoms in total. The molecule has 0 unspecified atom stereocenters. The molecule has 1 N–H and O–H groups in total. The maximum atomic E-state index is 13.0. The Hall–Kier alpha value is -3.18. The Labute approximate surface area is 187 Å². The summed E-state index contributed by atoms with van der Waals surface area (Å²) in [5.41, 5.74) is 0.636. The molecule has 0 bridgehead atoms. The summed E-state index contributed by atoms with van der Waals surface area (Å²) in [6.45, 7) is 7.32. The molecule has 174 valence electrons. The van der Waals surface area contributed by atoms with Gasteiger partial charge < -0.3 is 14.8 Å². The molecule has 32 heavy (non-hydrogen) atoms. The van der Waals surface area contributed by atoms with Gasteiger partial charge in [0.1, 0.15) is 16.4 Å². The maximum Gasteiger partial charge on any atom is 0.272 e. The summed E-state index contributed by atoms with van der Waals surface area (Å²) in [6, 6.07) is 8.57. The molecule has 0 saturated carbocycles. The van der Waals surface area contributed by atoms with Crippen LogP contribution in [-0.2, 0) is 14.8 Å². The van der Waals surface area contributed by atoms with Crippen LogP contribution in [0.4, 0.5) is 11.4 Å². The van der Waals surface area contributed by atoms with Crippen molar-refractivity contribution in [3.63, 3.8) is 0 Å². The smallest absolute Gasteiger partial charge is 0.272 e. The number of nitro groups is 1. The third-order valence-corrected chi connectivity index (χ3v) is 6.66. The van der Waals surface area contributed by atoms with Gasteiger partial charge in [0, 0.05) is 30.4 Å². The molecule has 0 aromatic heterocycles. The van der Waals surface area contributed by atoms with Gasteiger partial charge in [-0.1, -0.05) is 13.8 Å². The number of rotatable bonds is 11. The Morgan fingerprint density at radius 3 is 2.34 bits per heavy atom. The highest BCUT2D eigenvalue weighted by Gasteiger charge is 2.26. The van der Waals surface area contributed by atoms with Crippen molar-refractivity contribution >= 4 is 27.3 Å². The van der Waals surface area contributed by atoms with Crippen LogP contribution in [-0.4, -0.2) is 49.9 Å². The lowest BCUT2D eigenvalue weighted by molar-refractivity contribution is -0.385. The molecule has 1 amide bonds. The number of benzene rings is 2. The van der Waals surface area contributed by atoms with Crippen molar-refractivity contribution in [1.29, 1.82) is 0 Å². The fourth-order valence-corrected chi connectivity index (χ4v) is 4.65. The van der Waals surface area contributed by atoms with E-state index in [1.165, 1.54) is 34.6 Å². The molecule has 11 heteroatoms. The first-order valence-corrected chi connectivity index (χ1v) is 11.5. The second-order valence-corrected chi connectivity index (χ2v) is 8.63. The zero-order valence-corrected chi connectivity index (χ0v) is 19.3. The van der Waals surface area contributed by atoms with E-state index in [-0.39, 0.29) is 35.2 Å². The number of sulfonamides is 1. The first-order valence-electron chi connectivity index (χ1n) is 10.1. The van der Waals surface area contributed by atoms with E-state index in [0.29, 0.717) is 24.4 Å². The topological polar surface area (TPSA) is 128 Å². The third kappa shape index (κ3) is 5.95. The SMILES string of the molecule is CCOc1ccc(NC(=O)COc2ccc([N+](=O)[O-])c(C)c2)cc1S(=O)(=O)N(CC)CC. The number of nitro benzene ring substituents is 1. The van der Waals surface area contributed by atoms with Gasteiger partial charge in [0.2, 0.25) is 10.0 Å². The van der Waals surface area contributed by atoms with Crippen LogP contribution in [0, 0.1) is 17.0 Å². The molecule has 2 aromatic carbocycles. The Bertz CT molecular complexity index is 1080. The van der Waals surface area contributed by atoms with E-state index in [4.69, 9.17) is 9.47 Å². The highest BCUT2D eigenvalue weighted by atomic mass is 32.2. The van der Waals surface area contributed by atoms with Gasteiger partial charge in [-0.15, -0.1) is 0 Å². The van der Waals surface area contributed by atoms with Gasteiger partial charge >= 0.3 is 0 Å². The number of aryl methyl sites for hydroxylation is 1. The standard InChI is InChI=1S/C21H27N3O7S/c1-5-23(6-2)32(28,29)20-13-16(8-11-19(20)30-7-3)22-21(25)14-31-17-9-10-18(24(26)27)15(4)12-17/h8-13H,5-7,14H2,1-4H3,(H,22,25). The average molecular weight is 466 g/mol. The molecule has 0 aliphatic rings. The molecule has 0 aliphatic carbocycles. The average Bonchev–Trinajstić information content (AvgIpc) is 2.74. The van der Waals surface area contributed by atoms with Gasteiger partial charge in [-0.05, 0) is 44.2 Å². The third-order valence-electron chi connectivity index (χ3n) is 4.59. The van der Waals surface area contributed by atoms with Gasteiger partial charge in [-0.25, -0.2) is 8.42 Å². The fraction of sp³-hybridized carbons (Fsp3) is 0.381. The minimum absolute atomic E-state index is 0.0345. The number of nitrogens with zero attached hydrogens (tertiary/aromatic N) is 2. The predicted molar refractivity (Wildman–Crippen MR) is 120 cm³/mol. The molecule has 0 heterocycles. The molecule has 2 aromatic rings. The summed E-state index contributed by atoms with van der Waals surface area (Å²) in [7, 11) is -3.81. The molecule has 2 rings (SSSR count). The molecule has 0 fully saturated rings. The number of hydrogen-bond donors (Lipinski definition) is 1. The number of nitrogens with one attached hydrogen (secondary N) is 1. The summed E-state index contributed by atoms with van der Waals surface area (Å²) in [4.78, 5) is 22.7. The Morgan fingerprint density at radius 1 is 1.09 bits per heavy atom. The molecule has 0 atom stereocenters. The molecule has 0 radical (unpaired) electrons. The van der Waals surface area contributed by atoms with Crippen LogP contribution in [0.1, 0.15) is 26.3 Å². The zero-order valence-electron chi connectivity index (χ0n) is 18.5. The highest BCUT2D eigenvalue weighted by molar-refractivity contribution is 7.89. The van der Waals surface area contributed by atoms with Crippen LogP contribution in [0.5, 0.6) is 11.5 Å². The quantitative estimate of drug-likeness (QED) is 0.398. The first-order chi connectivity index (χ1) is 15.1. The Kier molecular flexibility index (Phi) is 8.56. The Balaban J connectivity index is 2.17. The minimum atomic E-state index is -3.81. The van der Waals surface area contributed by atoms with Gasteiger partial charge in [-0.2, -0.15) is 4.31 Å². The van der Waals surface area contributed by atoms with Crippen molar-refractivity contribution in [3.05, 3.63) is 52.1 Å². The summed E-state index contributed by atoms with van der Waals surface area (Å²) in [6.07, 6.45) is 0. The van der Waals surface area contributed by atoms with Gasteiger partial charge in [0.15, 0.2) is 6.61 Å². The highest BCUT2D eigenvalue weighted by Crippen LogP contribution is 2.30. The van der Waals surface area contributed by atoms with E-state index in [1.54, 1.807) is 33.8 Å². The summed E-state index contributed by atoms with van der Waals surface area (Å²) < 4.78 is 38.2. The van der Waals surface area contributed by atoms with E-state index >= 15 is 0 Å². The maximum absolute atomic E-state index is 13.0. The fourth-order valence-electron chi connectivity index (χ4n) is 3.03. The van der Waals surface area contributed by atoms with E-state index in [0.717, 1.165) is 0 Å². The number of hydrogen-bond acceptors (Lipinski definition) is 7. The van der Waals surface area contributed by atoms with Crippen LogP contribution in [0.15, 0.2) is 41.3 Å². The Morgan fingerprint density at radius 2 is 1.78 bits per heavy atom. The van der Waals surface area contributed by atoms with Crippen molar-refractivity contribution in [2.24, 2.45) is 0 Å². The van der Waals surface area contributed by atoms with Crippen LogP contribution < -0.4 is 14.8 Å². The van der Waals surface area contributed by atoms with Gasteiger partial charge in [0.05, 0.1) is 11.5 Å². The van der Waals surface area contributed by atoms with Crippen molar-refractivity contribution in [1.82, 2.24) is 4.31 Å². The van der Waals surface area contributed by atoms with Crippen molar-refractivity contribution in [2.75, 3.05) is 31.6 Å². The normalized spacial score (nSPS) is 11.3. The van der Waals surface area contributed by atoms with Crippen LogP contribution in [0.25, 0.3) is 0 Å². The van der Waals surface area contributed by atoms with E-state index in [2.05, 4.69) is 5.32 Å². The van der Waals surface area contributed by atoms with Crippen molar-refractivity contribution < 1.29 is 27.6 Å². The second kappa shape index (κ2) is 10.9. The molecular weight excluding hydrogens is 438 g/mol. The molecule has 0 spiro atoms. The molecular formula is C21H27N3O7S. The van der Waals surface area contributed by atoms with Crippen molar-refractivity contribution in [2.45, 2.75) is 32.6 Å². The second-order valence-electron chi connectivity index (χ2n) is 6.73. The molecule has 0 aliphatic heterocycles. The lowest BCUT2D eigenvalue weighted by Crippen LogP contribution is -2.31. The largest absolute Gasteiger partial charge is 0.492 e. The predicted octanol–water partition coefficient (Wildman–Crippen LogP) is 3.35. The van der Waals surface area contributed by atoms with Gasteiger partial charge in [-0.3, -0.25) is 14.9 Å². The van der Waals surface area contributed by atoms with E-state index in [1.807, 2.05) is 0 Å². The number of anilines is 1. The number of amides is 1. The first kappa shape index (κ1) is 25.1. The van der Waals surface area contributed by atoms with Crippen LogP contribution in [0.3, 0.4) is 0 Å².